The Hall–Kier alpha value is -1.26. The zero-order chi connectivity index (χ0) is 12.3. The molecular formula is C12H11BrClN3. The fourth-order valence-corrected chi connectivity index (χ4v) is 2.11. The van der Waals surface area contributed by atoms with Crippen LogP contribution in [-0.2, 0) is 0 Å². The number of benzene rings is 1. The molecule has 0 saturated carbocycles. The lowest BCUT2D eigenvalue weighted by atomic mass is 10.3. The Kier molecular flexibility index (Phi) is 3.86. The van der Waals surface area contributed by atoms with Crippen LogP contribution < -0.4 is 10.6 Å². The van der Waals surface area contributed by atoms with Gasteiger partial charge in [-0.15, -0.1) is 0 Å². The summed E-state index contributed by atoms with van der Waals surface area (Å²) in [5.74, 6) is 0.809. The standard InChI is InChI=1S/C12H11BrClN3/c1-15-12-7-9(4-5-16-12)17-11-3-2-8(13)6-10(11)14/h2-7H,1H3,(H2,15,16,17). The Balaban J connectivity index is 2.25. The minimum Gasteiger partial charge on any atom is -0.373 e. The van der Waals surface area contributed by atoms with Crippen molar-refractivity contribution < 1.29 is 0 Å². The molecule has 0 saturated heterocycles. The van der Waals surface area contributed by atoms with Crippen LogP contribution in [0.25, 0.3) is 0 Å². The average Bonchev–Trinajstić information content (AvgIpc) is 2.33. The van der Waals surface area contributed by atoms with Gasteiger partial charge in [-0.2, -0.15) is 0 Å². The van der Waals surface area contributed by atoms with E-state index < -0.39 is 0 Å². The molecule has 2 aromatic rings. The zero-order valence-corrected chi connectivity index (χ0v) is 11.5. The van der Waals surface area contributed by atoms with Crippen molar-refractivity contribution >= 4 is 44.7 Å². The first-order chi connectivity index (χ1) is 8.19. The van der Waals surface area contributed by atoms with Gasteiger partial charge in [-0.05, 0) is 24.3 Å². The maximum absolute atomic E-state index is 6.13. The molecule has 0 fully saturated rings. The highest BCUT2D eigenvalue weighted by Crippen LogP contribution is 2.28. The molecule has 0 spiro atoms. The molecule has 0 amide bonds. The van der Waals surface area contributed by atoms with Crippen molar-refractivity contribution in [3.8, 4) is 0 Å². The fraction of sp³-hybridized carbons (Fsp3) is 0.0833. The van der Waals surface area contributed by atoms with Crippen molar-refractivity contribution in [2.45, 2.75) is 0 Å². The molecule has 2 N–H and O–H groups in total. The van der Waals surface area contributed by atoms with Gasteiger partial charge in [0, 0.05) is 29.5 Å². The number of rotatable bonds is 3. The maximum atomic E-state index is 6.13. The predicted octanol–water partition coefficient (Wildman–Crippen LogP) is 4.28. The Labute approximate surface area is 113 Å². The van der Waals surface area contributed by atoms with Crippen molar-refractivity contribution in [1.29, 1.82) is 0 Å². The average molecular weight is 313 g/mol. The molecule has 0 aliphatic carbocycles. The van der Waals surface area contributed by atoms with Gasteiger partial charge in [0.15, 0.2) is 0 Å². The van der Waals surface area contributed by atoms with E-state index >= 15 is 0 Å². The quantitative estimate of drug-likeness (QED) is 0.888. The molecule has 0 unspecified atom stereocenters. The van der Waals surface area contributed by atoms with Gasteiger partial charge in [-0.1, -0.05) is 27.5 Å². The highest BCUT2D eigenvalue weighted by Gasteiger charge is 2.02. The van der Waals surface area contributed by atoms with E-state index in [-0.39, 0.29) is 0 Å². The van der Waals surface area contributed by atoms with Gasteiger partial charge in [-0.25, -0.2) is 4.98 Å². The third-order valence-corrected chi connectivity index (χ3v) is 3.03. The van der Waals surface area contributed by atoms with Crippen molar-refractivity contribution in [1.82, 2.24) is 4.98 Å². The Morgan fingerprint density at radius 1 is 1.24 bits per heavy atom. The highest BCUT2D eigenvalue weighted by molar-refractivity contribution is 9.10. The van der Waals surface area contributed by atoms with Crippen LogP contribution in [0.15, 0.2) is 41.0 Å². The van der Waals surface area contributed by atoms with Gasteiger partial charge < -0.3 is 10.6 Å². The number of hydrogen-bond donors (Lipinski definition) is 2. The van der Waals surface area contributed by atoms with E-state index in [4.69, 9.17) is 11.6 Å². The van der Waals surface area contributed by atoms with E-state index in [2.05, 4.69) is 31.5 Å². The summed E-state index contributed by atoms with van der Waals surface area (Å²) in [5, 5.41) is 6.90. The molecule has 0 aliphatic rings. The lowest BCUT2D eigenvalue weighted by molar-refractivity contribution is 1.28. The van der Waals surface area contributed by atoms with E-state index in [1.807, 2.05) is 37.4 Å². The van der Waals surface area contributed by atoms with Crippen LogP contribution >= 0.6 is 27.5 Å². The molecule has 0 radical (unpaired) electrons. The van der Waals surface area contributed by atoms with Crippen LogP contribution in [-0.4, -0.2) is 12.0 Å². The minimum atomic E-state index is 0.669. The van der Waals surface area contributed by atoms with Crippen LogP contribution in [0.2, 0.25) is 5.02 Å². The Morgan fingerprint density at radius 3 is 2.76 bits per heavy atom. The lowest BCUT2D eigenvalue weighted by Crippen LogP contribution is -1.95. The molecule has 0 atom stereocenters. The topological polar surface area (TPSA) is 37.0 Å². The Morgan fingerprint density at radius 2 is 2.06 bits per heavy atom. The molecule has 5 heteroatoms. The van der Waals surface area contributed by atoms with Crippen molar-refractivity contribution in [2.75, 3.05) is 17.7 Å². The van der Waals surface area contributed by atoms with Crippen LogP contribution in [0.4, 0.5) is 17.2 Å². The number of hydrogen-bond acceptors (Lipinski definition) is 3. The number of anilines is 3. The number of nitrogens with zero attached hydrogens (tertiary/aromatic N) is 1. The summed E-state index contributed by atoms with van der Waals surface area (Å²) >= 11 is 9.50. The molecule has 88 valence electrons. The van der Waals surface area contributed by atoms with Gasteiger partial charge in [0.05, 0.1) is 10.7 Å². The van der Waals surface area contributed by atoms with Gasteiger partial charge >= 0.3 is 0 Å². The SMILES string of the molecule is CNc1cc(Nc2ccc(Br)cc2Cl)ccn1. The second kappa shape index (κ2) is 5.38. The molecular weight excluding hydrogens is 302 g/mol. The molecule has 1 heterocycles. The molecule has 0 bridgehead atoms. The number of pyridine rings is 1. The molecule has 1 aromatic carbocycles. The summed E-state index contributed by atoms with van der Waals surface area (Å²) in [6.45, 7) is 0. The number of aromatic nitrogens is 1. The van der Waals surface area contributed by atoms with Crippen LogP contribution in [0.1, 0.15) is 0 Å². The first kappa shape index (κ1) is 12.2. The molecule has 17 heavy (non-hydrogen) atoms. The maximum Gasteiger partial charge on any atom is 0.127 e. The first-order valence-corrected chi connectivity index (χ1v) is 6.22. The summed E-state index contributed by atoms with van der Waals surface area (Å²) < 4.78 is 0.957. The van der Waals surface area contributed by atoms with Crippen LogP contribution in [0.3, 0.4) is 0 Å². The van der Waals surface area contributed by atoms with E-state index in [9.17, 15) is 0 Å². The normalized spacial score (nSPS) is 10.1. The van der Waals surface area contributed by atoms with Crippen LogP contribution in [0.5, 0.6) is 0 Å². The van der Waals surface area contributed by atoms with Gasteiger partial charge in [0.25, 0.3) is 0 Å². The number of nitrogens with one attached hydrogen (secondary N) is 2. The third-order valence-electron chi connectivity index (χ3n) is 2.23. The van der Waals surface area contributed by atoms with Gasteiger partial charge in [-0.3, -0.25) is 0 Å². The molecule has 2 rings (SSSR count). The van der Waals surface area contributed by atoms with E-state index in [1.165, 1.54) is 0 Å². The van der Waals surface area contributed by atoms with Gasteiger partial charge in [0.1, 0.15) is 5.82 Å². The van der Waals surface area contributed by atoms with E-state index in [1.54, 1.807) is 6.20 Å². The Bertz CT molecular complexity index is 531. The molecule has 1 aromatic heterocycles. The summed E-state index contributed by atoms with van der Waals surface area (Å²) in [6, 6.07) is 9.52. The third kappa shape index (κ3) is 3.11. The smallest absolute Gasteiger partial charge is 0.127 e. The van der Waals surface area contributed by atoms with E-state index in [0.29, 0.717) is 5.02 Å². The zero-order valence-electron chi connectivity index (χ0n) is 9.17. The van der Waals surface area contributed by atoms with Gasteiger partial charge in [0.2, 0.25) is 0 Å². The lowest BCUT2D eigenvalue weighted by Gasteiger charge is -2.09. The second-order valence-electron chi connectivity index (χ2n) is 3.43. The van der Waals surface area contributed by atoms with E-state index in [0.717, 1.165) is 21.7 Å². The fourth-order valence-electron chi connectivity index (χ4n) is 1.39. The summed E-state index contributed by atoms with van der Waals surface area (Å²) in [4.78, 5) is 4.14. The summed E-state index contributed by atoms with van der Waals surface area (Å²) in [6.07, 6.45) is 1.74. The second-order valence-corrected chi connectivity index (χ2v) is 4.75. The summed E-state index contributed by atoms with van der Waals surface area (Å²) in [5.41, 5.74) is 1.80. The summed E-state index contributed by atoms with van der Waals surface area (Å²) in [7, 11) is 1.83. The molecule has 3 nitrogen and oxygen atoms in total. The van der Waals surface area contributed by atoms with Crippen molar-refractivity contribution in [3.05, 3.63) is 46.0 Å². The minimum absolute atomic E-state index is 0.669. The largest absolute Gasteiger partial charge is 0.373 e. The first-order valence-electron chi connectivity index (χ1n) is 5.05. The molecule has 0 aliphatic heterocycles. The monoisotopic (exact) mass is 311 g/mol. The van der Waals surface area contributed by atoms with Crippen molar-refractivity contribution in [2.24, 2.45) is 0 Å². The van der Waals surface area contributed by atoms with Crippen LogP contribution in [0, 0.1) is 0 Å². The highest BCUT2D eigenvalue weighted by atomic mass is 79.9. The van der Waals surface area contributed by atoms with Crippen molar-refractivity contribution in [3.63, 3.8) is 0 Å². The number of halogens is 2. The predicted molar refractivity (Wildman–Crippen MR) is 76.2 cm³/mol.